The van der Waals surface area contributed by atoms with Gasteiger partial charge in [-0.2, -0.15) is 0 Å². The Bertz CT molecular complexity index is 1290. The third kappa shape index (κ3) is 4.67. The lowest BCUT2D eigenvalue weighted by Gasteiger charge is -2.19. The highest BCUT2D eigenvalue weighted by Gasteiger charge is 2.22. The zero-order valence-corrected chi connectivity index (χ0v) is 19.8. The third-order valence-corrected chi connectivity index (χ3v) is 5.63. The second-order valence-corrected chi connectivity index (χ2v) is 8.30. The van der Waals surface area contributed by atoms with Crippen molar-refractivity contribution in [3.63, 3.8) is 0 Å². The third-order valence-electron chi connectivity index (χ3n) is 4.96. The Morgan fingerprint density at radius 2 is 1.91 bits per heavy atom. The average molecular weight is 549 g/mol. The van der Waals surface area contributed by atoms with E-state index in [1.807, 2.05) is 22.6 Å². The van der Waals surface area contributed by atoms with Gasteiger partial charge in [-0.1, -0.05) is 19.1 Å². The summed E-state index contributed by atoms with van der Waals surface area (Å²) in [6, 6.07) is 10.6. The molecule has 0 spiro atoms. The van der Waals surface area contributed by atoms with Crippen molar-refractivity contribution in [3.05, 3.63) is 78.9 Å². The second-order valence-electron chi connectivity index (χ2n) is 7.05. The van der Waals surface area contributed by atoms with E-state index >= 15 is 0 Å². The van der Waals surface area contributed by atoms with E-state index in [1.165, 1.54) is 19.2 Å². The summed E-state index contributed by atoms with van der Waals surface area (Å²) < 4.78 is 22.2. The van der Waals surface area contributed by atoms with E-state index in [1.54, 1.807) is 38.1 Å². The summed E-state index contributed by atoms with van der Waals surface area (Å²) in [5, 5.41) is 2.79. The lowest BCUT2D eigenvalue weighted by Crippen LogP contribution is -2.25. The van der Waals surface area contributed by atoms with E-state index in [4.69, 9.17) is 10.5 Å². The molecule has 32 heavy (non-hydrogen) atoms. The highest BCUT2D eigenvalue weighted by molar-refractivity contribution is 14.1. The van der Waals surface area contributed by atoms with Crippen LogP contribution in [0, 0.1) is 16.3 Å². The number of primary amides is 1. The SMILES string of the molecule is CCC(=O)c1cccc(Oc2cc(=O)n(C)c(Nc3ccc(I)cc3F)c2C(N)=O)c1C. The van der Waals surface area contributed by atoms with Crippen molar-refractivity contribution in [3.8, 4) is 11.5 Å². The number of hydrogen-bond donors (Lipinski definition) is 2. The molecule has 0 aliphatic carbocycles. The fourth-order valence-corrected chi connectivity index (χ4v) is 3.65. The molecule has 7 nitrogen and oxygen atoms in total. The van der Waals surface area contributed by atoms with E-state index in [9.17, 15) is 18.8 Å². The van der Waals surface area contributed by atoms with Crippen LogP contribution in [-0.2, 0) is 7.05 Å². The highest BCUT2D eigenvalue weighted by Crippen LogP contribution is 2.33. The monoisotopic (exact) mass is 549 g/mol. The number of ketones is 1. The van der Waals surface area contributed by atoms with E-state index in [0.29, 0.717) is 26.9 Å². The van der Waals surface area contributed by atoms with Crippen LogP contribution in [0.2, 0.25) is 0 Å². The van der Waals surface area contributed by atoms with E-state index in [0.717, 1.165) is 10.6 Å². The number of carbonyl (C=O) groups is 2. The average Bonchev–Trinajstić information content (AvgIpc) is 2.74. The normalized spacial score (nSPS) is 10.7. The minimum Gasteiger partial charge on any atom is -0.456 e. The Kier molecular flexibility index (Phi) is 6.97. The molecule has 3 aromatic rings. The number of halogens is 2. The molecule has 0 saturated heterocycles. The van der Waals surface area contributed by atoms with Gasteiger partial charge in [-0.15, -0.1) is 0 Å². The quantitative estimate of drug-likeness (QED) is 0.330. The maximum absolute atomic E-state index is 14.4. The van der Waals surface area contributed by atoms with Crippen molar-refractivity contribution in [2.75, 3.05) is 5.32 Å². The van der Waals surface area contributed by atoms with Gasteiger partial charge in [0, 0.05) is 34.2 Å². The maximum Gasteiger partial charge on any atom is 0.256 e. The Morgan fingerprint density at radius 3 is 2.53 bits per heavy atom. The minimum atomic E-state index is -0.873. The molecule has 1 heterocycles. The first-order valence-electron chi connectivity index (χ1n) is 9.70. The summed E-state index contributed by atoms with van der Waals surface area (Å²) in [4.78, 5) is 37.2. The molecule has 9 heteroatoms. The van der Waals surface area contributed by atoms with Crippen LogP contribution in [0.15, 0.2) is 47.3 Å². The maximum atomic E-state index is 14.4. The van der Waals surface area contributed by atoms with E-state index in [2.05, 4.69) is 5.32 Å². The van der Waals surface area contributed by atoms with Crippen LogP contribution in [-0.4, -0.2) is 16.3 Å². The van der Waals surface area contributed by atoms with Crippen molar-refractivity contribution in [2.24, 2.45) is 12.8 Å². The number of hydrogen-bond acceptors (Lipinski definition) is 5. The van der Waals surface area contributed by atoms with Gasteiger partial charge in [0.25, 0.3) is 11.5 Å². The number of anilines is 2. The standard InChI is InChI=1S/C23H21FIN3O4/c1-4-17(29)14-6-5-7-18(12(14)2)32-19-11-20(30)28(3)23(21(19)22(26)31)27-16-9-8-13(25)10-15(16)24/h5-11,27H,4H2,1-3H3,(H2,26,31). The largest absolute Gasteiger partial charge is 0.456 e. The lowest BCUT2D eigenvalue weighted by molar-refractivity contribution is 0.0981. The molecule has 0 aliphatic rings. The predicted octanol–water partition coefficient (Wildman–Crippen LogP) is 4.66. The Balaban J connectivity index is 2.15. The van der Waals surface area contributed by atoms with E-state index < -0.39 is 17.3 Å². The number of nitrogens with two attached hydrogens (primary N) is 1. The van der Waals surface area contributed by atoms with Crippen LogP contribution >= 0.6 is 22.6 Å². The molecule has 1 aromatic heterocycles. The highest BCUT2D eigenvalue weighted by atomic mass is 127. The molecule has 0 bridgehead atoms. The number of pyridine rings is 1. The first-order chi connectivity index (χ1) is 15.1. The number of benzene rings is 2. The summed E-state index contributed by atoms with van der Waals surface area (Å²) in [7, 11) is 1.43. The summed E-state index contributed by atoms with van der Waals surface area (Å²) in [6.07, 6.45) is 0.318. The smallest absolute Gasteiger partial charge is 0.256 e. The number of nitrogens with one attached hydrogen (secondary N) is 1. The fraction of sp³-hybridized carbons (Fsp3) is 0.174. The molecule has 2 aromatic carbocycles. The van der Waals surface area contributed by atoms with Crippen molar-refractivity contribution in [2.45, 2.75) is 20.3 Å². The molecule has 3 rings (SSSR count). The summed E-state index contributed by atoms with van der Waals surface area (Å²) in [5.41, 5.74) is 6.09. The number of ether oxygens (including phenoxy) is 1. The molecule has 0 fully saturated rings. The van der Waals surface area contributed by atoms with Gasteiger partial charge in [0.2, 0.25) is 0 Å². The Hall–Kier alpha value is -3.21. The Labute approximate surface area is 197 Å². The van der Waals surface area contributed by atoms with Crippen LogP contribution in [0.1, 0.15) is 39.6 Å². The summed E-state index contributed by atoms with van der Waals surface area (Å²) in [5.74, 6) is -1.32. The van der Waals surface area contributed by atoms with Crippen LogP contribution in [0.4, 0.5) is 15.9 Å². The fourth-order valence-electron chi connectivity index (χ4n) is 3.20. The number of rotatable bonds is 7. The van der Waals surface area contributed by atoms with Gasteiger partial charge in [-0.05, 0) is 53.8 Å². The van der Waals surface area contributed by atoms with E-state index in [-0.39, 0.29) is 28.6 Å². The summed E-state index contributed by atoms with van der Waals surface area (Å²) in [6.45, 7) is 3.46. The van der Waals surface area contributed by atoms with Crippen molar-refractivity contribution < 1.29 is 18.7 Å². The molecule has 0 saturated carbocycles. The predicted molar refractivity (Wildman–Crippen MR) is 128 cm³/mol. The number of carbonyl (C=O) groups excluding carboxylic acids is 2. The number of amides is 1. The topological polar surface area (TPSA) is 103 Å². The van der Waals surface area contributed by atoms with Gasteiger partial charge in [0.05, 0.1) is 5.69 Å². The first kappa shape index (κ1) is 23.5. The van der Waals surface area contributed by atoms with Gasteiger partial charge in [-0.25, -0.2) is 4.39 Å². The van der Waals surface area contributed by atoms with Crippen molar-refractivity contribution in [1.29, 1.82) is 0 Å². The zero-order chi connectivity index (χ0) is 23.6. The van der Waals surface area contributed by atoms with Gasteiger partial charge in [0.15, 0.2) is 5.78 Å². The molecule has 1 amide bonds. The van der Waals surface area contributed by atoms with Crippen LogP contribution in [0.25, 0.3) is 0 Å². The van der Waals surface area contributed by atoms with Gasteiger partial charge >= 0.3 is 0 Å². The van der Waals surface area contributed by atoms with Gasteiger partial charge in [-0.3, -0.25) is 19.0 Å². The number of Topliss-reactive ketones (excluding diaryl/α,β-unsaturated/α-hetero) is 1. The molecule has 0 radical (unpaired) electrons. The zero-order valence-electron chi connectivity index (χ0n) is 17.7. The van der Waals surface area contributed by atoms with Crippen molar-refractivity contribution >= 4 is 45.8 Å². The van der Waals surface area contributed by atoms with Crippen LogP contribution in [0.5, 0.6) is 11.5 Å². The molecule has 0 atom stereocenters. The second kappa shape index (κ2) is 9.51. The molecule has 166 valence electrons. The molecule has 3 N–H and O–H groups in total. The lowest BCUT2D eigenvalue weighted by atomic mass is 10.0. The van der Waals surface area contributed by atoms with Crippen molar-refractivity contribution in [1.82, 2.24) is 4.57 Å². The Morgan fingerprint density at radius 1 is 1.19 bits per heavy atom. The number of nitrogens with zero attached hydrogens (tertiary/aromatic N) is 1. The first-order valence-corrected chi connectivity index (χ1v) is 10.8. The van der Waals surface area contributed by atoms with Crippen LogP contribution in [0.3, 0.4) is 0 Å². The van der Waals surface area contributed by atoms with Gasteiger partial charge in [0.1, 0.15) is 28.7 Å². The minimum absolute atomic E-state index is 0.0152. The molecule has 0 aliphatic heterocycles. The summed E-state index contributed by atoms with van der Waals surface area (Å²) >= 11 is 1.97. The molecule has 0 unspecified atom stereocenters. The number of aromatic nitrogens is 1. The molecular weight excluding hydrogens is 528 g/mol. The molecular formula is C23H21FIN3O4. The van der Waals surface area contributed by atoms with Gasteiger partial charge < -0.3 is 15.8 Å². The van der Waals surface area contributed by atoms with Crippen LogP contribution < -0.4 is 21.3 Å².